The summed E-state index contributed by atoms with van der Waals surface area (Å²) in [6.45, 7) is 2.73. The third-order valence-electron chi connectivity index (χ3n) is 2.45. The lowest BCUT2D eigenvalue weighted by Gasteiger charge is -2.14. The van der Waals surface area contributed by atoms with Crippen LogP contribution in [0.15, 0.2) is 18.2 Å². The van der Waals surface area contributed by atoms with Gasteiger partial charge < -0.3 is 20.5 Å². The van der Waals surface area contributed by atoms with E-state index < -0.39 is 6.10 Å². The van der Waals surface area contributed by atoms with E-state index in [1.807, 2.05) is 6.92 Å². The SMILES string of the molecule is CCCOc1ccc(NC(=O)C(CN)OC)cc1Cl. The van der Waals surface area contributed by atoms with Crippen LogP contribution in [-0.2, 0) is 9.53 Å². The Morgan fingerprint density at radius 2 is 2.26 bits per heavy atom. The van der Waals surface area contributed by atoms with Crippen molar-refractivity contribution in [3.63, 3.8) is 0 Å². The number of ether oxygens (including phenoxy) is 2. The van der Waals surface area contributed by atoms with Gasteiger partial charge in [0, 0.05) is 19.3 Å². The lowest BCUT2D eigenvalue weighted by Crippen LogP contribution is -2.35. The summed E-state index contributed by atoms with van der Waals surface area (Å²) in [6, 6.07) is 5.07. The van der Waals surface area contributed by atoms with Crippen LogP contribution in [-0.4, -0.2) is 32.3 Å². The maximum atomic E-state index is 11.8. The summed E-state index contributed by atoms with van der Waals surface area (Å²) in [5.74, 6) is 0.298. The molecule has 6 heteroatoms. The van der Waals surface area contributed by atoms with Crippen LogP contribution < -0.4 is 15.8 Å². The summed E-state index contributed by atoms with van der Waals surface area (Å²) >= 11 is 6.06. The highest BCUT2D eigenvalue weighted by Gasteiger charge is 2.16. The topological polar surface area (TPSA) is 73.6 Å². The van der Waals surface area contributed by atoms with Gasteiger partial charge in [0.05, 0.1) is 11.6 Å². The third-order valence-corrected chi connectivity index (χ3v) is 2.75. The molecule has 1 amide bonds. The summed E-state index contributed by atoms with van der Waals surface area (Å²) < 4.78 is 10.4. The van der Waals surface area contributed by atoms with Crippen LogP contribution >= 0.6 is 11.6 Å². The zero-order valence-electron chi connectivity index (χ0n) is 11.1. The predicted octanol–water partition coefficient (Wildman–Crippen LogP) is 2.04. The third kappa shape index (κ3) is 4.70. The van der Waals surface area contributed by atoms with Crippen molar-refractivity contribution in [2.75, 3.05) is 25.6 Å². The van der Waals surface area contributed by atoms with Gasteiger partial charge in [-0.25, -0.2) is 0 Å². The normalized spacial score (nSPS) is 12.0. The molecular weight excluding hydrogens is 268 g/mol. The molecule has 5 nitrogen and oxygen atoms in total. The Hall–Kier alpha value is -1.30. The summed E-state index contributed by atoms with van der Waals surface area (Å²) in [5.41, 5.74) is 5.99. The number of halogens is 1. The molecule has 0 aliphatic rings. The maximum absolute atomic E-state index is 11.8. The van der Waals surface area contributed by atoms with Gasteiger partial charge in [-0.1, -0.05) is 18.5 Å². The van der Waals surface area contributed by atoms with Crippen LogP contribution in [0.2, 0.25) is 5.02 Å². The number of rotatable bonds is 7. The molecule has 0 fully saturated rings. The Kier molecular flexibility index (Phi) is 6.62. The van der Waals surface area contributed by atoms with Crippen LogP contribution in [0.3, 0.4) is 0 Å². The minimum Gasteiger partial charge on any atom is -0.492 e. The average molecular weight is 287 g/mol. The second-order valence-electron chi connectivity index (χ2n) is 3.94. The van der Waals surface area contributed by atoms with Gasteiger partial charge in [-0.05, 0) is 24.6 Å². The second kappa shape index (κ2) is 7.99. The highest BCUT2D eigenvalue weighted by Crippen LogP contribution is 2.27. The number of hydrogen-bond donors (Lipinski definition) is 2. The molecule has 0 saturated heterocycles. The quantitative estimate of drug-likeness (QED) is 0.804. The van der Waals surface area contributed by atoms with Crippen molar-refractivity contribution in [2.45, 2.75) is 19.4 Å². The van der Waals surface area contributed by atoms with Gasteiger partial charge in [0.1, 0.15) is 11.9 Å². The minimum atomic E-state index is -0.671. The number of carbonyl (C=O) groups excluding carboxylic acids is 1. The van der Waals surface area contributed by atoms with Gasteiger partial charge in [0.25, 0.3) is 5.91 Å². The van der Waals surface area contributed by atoms with Gasteiger partial charge >= 0.3 is 0 Å². The van der Waals surface area contributed by atoms with Crippen molar-refractivity contribution in [1.82, 2.24) is 0 Å². The molecule has 3 N–H and O–H groups in total. The van der Waals surface area contributed by atoms with E-state index >= 15 is 0 Å². The Morgan fingerprint density at radius 3 is 2.79 bits per heavy atom. The smallest absolute Gasteiger partial charge is 0.254 e. The molecule has 19 heavy (non-hydrogen) atoms. The molecule has 106 valence electrons. The average Bonchev–Trinajstić information content (AvgIpc) is 2.39. The number of carbonyl (C=O) groups is 1. The van der Waals surface area contributed by atoms with Crippen molar-refractivity contribution >= 4 is 23.2 Å². The first-order chi connectivity index (χ1) is 9.12. The number of hydrogen-bond acceptors (Lipinski definition) is 4. The van der Waals surface area contributed by atoms with E-state index in [0.29, 0.717) is 23.1 Å². The molecule has 1 atom stereocenters. The fraction of sp³-hybridized carbons (Fsp3) is 0.462. The summed E-state index contributed by atoms with van der Waals surface area (Å²) in [4.78, 5) is 11.8. The van der Waals surface area contributed by atoms with E-state index in [4.69, 9.17) is 26.8 Å². The summed E-state index contributed by atoms with van der Waals surface area (Å²) in [7, 11) is 1.44. The molecule has 0 bridgehead atoms. The van der Waals surface area contributed by atoms with Crippen molar-refractivity contribution < 1.29 is 14.3 Å². The van der Waals surface area contributed by atoms with E-state index in [1.54, 1.807) is 18.2 Å². The van der Waals surface area contributed by atoms with E-state index in [9.17, 15) is 4.79 Å². The van der Waals surface area contributed by atoms with Crippen LogP contribution in [0.25, 0.3) is 0 Å². The van der Waals surface area contributed by atoms with Crippen LogP contribution in [0, 0.1) is 0 Å². The number of nitrogens with one attached hydrogen (secondary N) is 1. The molecule has 1 rings (SSSR count). The van der Waals surface area contributed by atoms with Crippen molar-refractivity contribution in [1.29, 1.82) is 0 Å². The fourth-order valence-electron chi connectivity index (χ4n) is 1.44. The van der Waals surface area contributed by atoms with E-state index in [0.717, 1.165) is 6.42 Å². The molecule has 0 aliphatic heterocycles. The van der Waals surface area contributed by atoms with E-state index in [1.165, 1.54) is 7.11 Å². The van der Waals surface area contributed by atoms with Gasteiger partial charge in [-0.2, -0.15) is 0 Å². The number of methoxy groups -OCH3 is 1. The van der Waals surface area contributed by atoms with Gasteiger partial charge in [-0.15, -0.1) is 0 Å². The summed E-state index contributed by atoms with van der Waals surface area (Å²) in [5, 5.41) is 3.14. The van der Waals surface area contributed by atoms with Gasteiger partial charge in [-0.3, -0.25) is 4.79 Å². The van der Waals surface area contributed by atoms with Crippen molar-refractivity contribution in [3.05, 3.63) is 23.2 Å². The zero-order chi connectivity index (χ0) is 14.3. The van der Waals surface area contributed by atoms with Gasteiger partial charge in [0.15, 0.2) is 0 Å². The molecule has 0 radical (unpaired) electrons. The molecule has 0 spiro atoms. The largest absolute Gasteiger partial charge is 0.492 e. The number of nitrogens with two attached hydrogens (primary N) is 1. The molecular formula is C13H19ClN2O3. The minimum absolute atomic E-state index is 0.119. The second-order valence-corrected chi connectivity index (χ2v) is 4.35. The van der Waals surface area contributed by atoms with Crippen molar-refractivity contribution in [2.24, 2.45) is 5.73 Å². The maximum Gasteiger partial charge on any atom is 0.254 e. The molecule has 0 aromatic heterocycles. The van der Waals surface area contributed by atoms with E-state index in [-0.39, 0.29) is 12.5 Å². The van der Waals surface area contributed by atoms with E-state index in [2.05, 4.69) is 5.32 Å². The zero-order valence-corrected chi connectivity index (χ0v) is 11.9. The lowest BCUT2D eigenvalue weighted by molar-refractivity contribution is -0.125. The van der Waals surface area contributed by atoms with Crippen molar-refractivity contribution in [3.8, 4) is 5.75 Å². The van der Waals surface area contributed by atoms with Crippen LogP contribution in [0.4, 0.5) is 5.69 Å². The predicted molar refractivity (Wildman–Crippen MR) is 75.7 cm³/mol. The Morgan fingerprint density at radius 1 is 1.53 bits per heavy atom. The highest BCUT2D eigenvalue weighted by molar-refractivity contribution is 6.32. The molecule has 0 heterocycles. The summed E-state index contributed by atoms with van der Waals surface area (Å²) in [6.07, 6.45) is 0.232. The first-order valence-corrected chi connectivity index (χ1v) is 6.46. The highest BCUT2D eigenvalue weighted by atomic mass is 35.5. The van der Waals surface area contributed by atoms with Crippen LogP contribution in [0.1, 0.15) is 13.3 Å². The number of amides is 1. The molecule has 1 aromatic carbocycles. The monoisotopic (exact) mass is 286 g/mol. The van der Waals surface area contributed by atoms with Crippen LogP contribution in [0.5, 0.6) is 5.75 Å². The Labute approximate surface area is 118 Å². The Balaban J connectivity index is 2.70. The molecule has 1 unspecified atom stereocenters. The lowest BCUT2D eigenvalue weighted by atomic mass is 10.2. The molecule has 0 saturated carbocycles. The standard InChI is InChI=1S/C13H19ClN2O3/c1-3-6-19-11-5-4-9(7-10(11)14)16-13(17)12(8-15)18-2/h4-5,7,12H,3,6,8,15H2,1-2H3,(H,16,17). The molecule has 0 aliphatic carbocycles. The Bertz CT molecular complexity index is 422. The first kappa shape index (κ1) is 15.8. The fourth-order valence-corrected chi connectivity index (χ4v) is 1.68. The van der Waals surface area contributed by atoms with Gasteiger partial charge in [0.2, 0.25) is 0 Å². The number of benzene rings is 1. The molecule has 1 aromatic rings. The number of anilines is 1. The first-order valence-electron chi connectivity index (χ1n) is 6.08.